The molecule has 0 saturated carbocycles. The van der Waals surface area contributed by atoms with Crippen molar-refractivity contribution >= 4 is 5.78 Å². The summed E-state index contributed by atoms with van der Waals surface area (Å²) in [5.41, 5.74) is 3.47. The first-order valence-corrected chi connectivity index (χ1v) is 6.33. The lowest BCUT2D eigenvalue weighted by Crippen LogP contribution is -2.10. The Bertz CT molecular complexity index is 570. The molecule has 0 aliphatic carbocycles. The second-order valence-corrected chi connectivity index (χ2v) is 4.39. The van der Waals surface area contributed by atoms with Crippen LogP contribution in [0.2, 0.25) is 0 Å². The molecule has 2 rings (SSSR count). The summed E-state index contributed by atoms with van der Waals surface area (Å²) < 4.78 is 1.78. The number of hydrogen-bond acceptors (Lipinski definition) is 2. The summed E-state index contributed by atoms with van der Waals surface area (Å²) in [6.07, 6.45) is 0.848. The first-order valence-electron chi connectivity index (χ1n) is 6.33. The Morgan fingerprint density at radius 3 is 2.67 bits per heavy atom. The number of nitrogens with zero attached hydrogens (tertiary/aromatic N) is 2. The van der Waals surface area contributed by atoms with Crippen LogP contribution in [-0.2, 0) is 13.0 Å². The van der Waals surface area contributed by atoms with Crippen LogP contribution < -0.4 is 0 Å². The van der Waals surface area contributed by atoms with Gasteiger partial charge < -0.3 is 0 Å². The molecule has 1 heterocycles. The molecule has 0 N–H and O–H groups in total. The molecule has 0 fully saturated rings. The van der Waals surface area contributed by atoms with Gasteiger partial charge in [0.15, 0.2) is 0 Å². The number of aryl methyl sites for hydroxylation is 3. The summed E-state index contributed by atoms with van der Waals surface area (Å²) in [4.78, 5) is 12.4. The molecule has 0 unspecified atom stereocenters. The van der Waals surface area contributed by atoms with Crippen molar-refractivity contribution in [2.75, 3.05) is 0 Å². The van der Waals surface area contributed by atoms with Crippen LogP contribution >= 0.6 is 0 Å². The Labute approximate surface area is 107 Å². The molecule has 1 aromatic heterocycles. The van der Waals surface area contributed by atoms with Crippen LogP contribution in [0, 0.1) is 6.92 Å². The molecule has 94 valence electrons. The number of carbonyl (C=O) groups is 1. The van der Waals surface area contributed by atoms with E-state index in [1.165, 1.54) is 0 Å². The van der Waals surface area contributed by atoms with Crippen molar-refractivity contribution in [3.8, 4) is 0 Å². The third-order valence-electron chi connectivity index (χ3n) is 3.01. The highest BCUT2D eigenvalue weighted by Crippen LogP contribution is 2.13. The summed E-state index contributed by atoms with van der Waals surface area (Å²) in [7, 11) is 0. The highest BCUT2D eigenvalue weighted by molar-refractivity contribution is 6.08. The van der Waals surface area contributed by atoms with Gasteiger partial charge in [-0.2, -0.15) is 5.10 Å². The zero-order valence-electron chi connectivity index (χ0n) is 11.1. The maximum absolute atomic E-state index is 12.4. The van der Waals surface area contributed by atoms with E-state index in [2.05, 4.69) is 5.10 Å². The lowest BCUT2D eigenvalue weighted by molar-refractivity contribution is 0.102. The lowest BCUT2D eigenvalue weighted by Gasteiger charge is -2.04. The van der Waals surface area contributed by atoms with Gasteiger partial charge in [-0.25, -0.2) is 0 Å². The van der Waals surface area contributed by atoms with Crippen LogP contribution in [0.25, 0.3) is 0 Å². The van der Waals surface area contributed by atoms with Gasteiger partial charge in [0.2, 0.25) is 5.78 Å². The highest BCUT2D eigenvalue weighted by Gasteiger charge is 2.15. The molecule has 18 heavy (non-hydrogen) atoms. The molecule has 3 heteroatoms. The molecule has 0 aliphatic rings. The summed E-state index contributed by atoms with van der Waals surface area (Å²) in [5.74, 6) is 0.0488. The maximum atomic E-state index is 12.4. The van der Waals surface area contributed by atoms with Crippen molar-refractivity contribution in [2.24, 2.45) is 0 Å². The molecule has 2 aromatic rings. The van der Waals surface area contributed by atoms with Gasteiger partial charge >= 0.3 is 0 Å². The SMILES string of the molecule is CCc1cc(C(=O)c2cccc(C)c2)n(CC)n1. The molecule has 0 amide bonds. The fourth-order valence-electron chi connectivity index (χ4n) is 2.00. The van der Waals surface area contributed by atoms with Crippen molar-refractivity contribution in [1.82, 2.24) is 9.78 Å². The minimum Gasteiger partial charge on any atom is -0.287 e. The normalized spacial score (nSPS) is 10.6. The summed E-state index contributed by atoms with van der Waals surface area (Å²) in [6.45, 7) is 6.75. The Balaban J connectivity index is 2.42. The van der Waals surface area contributed by atoms with Gasteiger partial charge in [0.05, 0.1) is 5.69 Å². The van der Waals surface area contributed by atoms with Gasteiger partial charge in [-0.1, -0.05) is 30.7 Å². The summed E-state index contributed by atoms with van der Waals surface area (Å²) in [5, 5.41) is 4.41. The van der Waals surface area contributed by atoms with E-state index in [1.54, 1.807) is 4.68 Å². The Morgan fingerprint density at radius 2 is 2.06 bits per heavy atom. The number of ketones is 1. The van der Waals surface area contributed by atoms with Gasteiger partial charge in [-0.15, -0.1) is 0 Å². The molecule has 0 radical (unpaired) electrons. The Morgan fingerprint density at radius 1 is 1.28 bits per heavy atom. The quantitative estimate of drug-likeness (QED) is 0.772. The first kappa shape index (κ1) is 12.6. The summed E-state index contributed by atoms with van der Waals surface area (Å²) >= 11 is 0. The molecule has 1 aromatic carbocycles. The first-order chi connectivity index (χ1) is 8.65. The van der Waals surface area contributed by atoms with Crippen molar-refractivity contribution in [2.45, 2.75) is 33.7 Å². The number of rotatable bonds is 4. The van der Waals surface area contributed by atoms with Crippen LogP contribution in [0.3, 0.4) is 0 Å². The smallest absolute Gasteiger partial charge is 0.211 e. The molecule has 0 bridgehead atoms. The maximum Gasteiger partial charge on any atom is 0.211 e. The molecule has 0 atom stereocenters. The van der Waals surface area contributed by atoms with Crippen LogP contribution in [0.5, 0.6) is 0 Å². The molecule has 0 spiro atoms. The van der Waals surface area contributed by atoms with Crippen LogP contribution in [0.1, 0.15) is 41.2 Å². The third kappa shape index (κ3) is 2.35. The zero-order valence-corrected chi connectivity index (χ0v) is 11.1. The van der Waals surface area contributed by atoms with E-state index in [0.29, 0.717) is 12.2 Å². The van der Waals surface area contributed by atoms with Crippen LogP contribution in [0.15, 0.2) is 30.3 Å². The van der Waals surface area contributed by atoms with E-state index in [-0.39, 0.29) is 5.78 Å². The summed E-state index contributed by atoms with van der Waals surface area (Å²) in [6, 6.07) is 9.57. The average molecular weight is 242 g/mol. The molecule has 3 nitrogen and oxygen atoms in total. The fourth-order valence-corrected chi connectivity index (χ4v) is 2.00. The lowest BCUT2D eigenvalue weighted by atomic mass is 10.1. The topological polar surface area (TPSA) is 34.9 Å². The predicted molar refractivity (Wildman–Crippen MR) is 71.9 cm³/mol. The number of carbonyl (C=O) groups excluding carboxylic acids is 1. The van der Waals surface area contributed by atoms with E-state index in [0.717, 1.165) is 23.2 Å². The third-order valence-corrected chi connectivity index (χ3v) is 3.01. The largest absolute Gasteiger partial charge is 0.287 e. The highest BCUT2D eigenvalue weighted by atomic mass is 16.1. The van der Waals surface area contributed by atoms with E-state index in [1.807, 2.05) is 51.1 Å². The Kier molecular flexibility index (Phi) is 3.60. The van der Waals surface area contributed by atoms with Crippen molar-refractivity contribution in [3.63, 3.8) is 0 Å². The van der Waals surface area contributed by atoms with Gasteiger partial charge in [0, 0.05) is 12.1 Å². The van der Waals surface area contributed by atoms with Gasteiger partial charge in [-0.05, 0) is 32.4 Å². The zero-order chi connectivity index (χ0) is 13.1. The van der Waals surface area contributed by atoms with E-state index in [9.17, 15) is 4.79 Å². The second kappa shape index (κ2) is 5.17. The average Bonchev–Trinajstić information content (AvgIpc) is 2.81. The van der Waals surface area contributed by atoms with Crippen molar-refractivity contribution < 1.29 is 4.79 Å². The van der Waals surface area contributed by atoms with Gasteiger partial charge in [0.25, 0.3) is 0 Å². The number of aromatic nitrogens is 2. The second-order valence-electron chi connectivity index (χ2n) is 4.39. The van der Waals surface area contributed by atoms with Crippen LogP contribution in [-0.4, -0.2) is 15.6 Å². The Hall–Kier alpha value is -1.90. The van der Waals surface area contributed by atoms with Crippen molar-refractivity contribution in [3.05, 3.63) is 52.8 Å². The predicted octanol–water partition coefficient (Wildman–Crippen LogP) is 3.00. The van der Waals surface area contributed by atoms with E-state index in [4.69, 9.17) is 0 Å². The van der Waals surface area contributed by atoms with Crippen molar-refractivity contribution in [1.29, 1.82) is 0 Å². The number of benzene rings is 1. The number of hydrogen-bond donors (Lipinski definition) is 0. The van der Waals surface area contributed by atoms with Gasteiger partial charge in [-0.3, -0.25) is 9.48 Å². The standard InChI is InChI=1S/C15H18N2O/c1-4-13-10-14(17(5-2)16-13)15(18)12-8-6-7-11(3)9-12/h6-10H,4-5H2,1-3H3. The molecular formula is C15H18N2O. The van der Waals surface area contributed by atoms with Crippen LogP contribution in [0.4, 0.5) is 0 Å². The fraction of sp³-hybridized carbons (Fsp3) is 0.333. The minimum absolute atomic E-state index is 0.0488. The molecule has 0 saturated heterocycles. The minimum atomic E-state index is 0.0488. The van der Waals surface area contributed by atoms with E-state index < -0.39 is 0 Å². The van der Waals surface area contributed by atoms with Gasteiger partial charge in [0.1, 0.15) is 5.69 Å². The van der Waals surface area contributed by atoms with E-state index >= 15 is 0 Å². The molecular weight excluding hydrogens is 224 g/mol. The monoisotopic (exact) mass is 242 g/mol. The molecule has 0 aliphatic heterocycles.